The van der Waals surface area contributed by atoms with Crippen LogP contribution in [0.25, 0.3) is 11.0 Å². The van der Waals surface area contributed by atoms with Gasteiger partial charge < -0.3 is 4.42 Å². The van der Waals surface area contributed by atoms with E-state index in [4.69, 9.17) is 4.42 Å². The van der Waals surface area contributed by atoms with Gasteiger partial charge in [-0.25, -0.2) is 0 Å². The number of hydrogen-bond acceptors (Lipinski definition) is 2. The minimum absolute atomic E-state index is 0.110. The van der Waals surface area contributed by atoms with Crippen molar-refractivity contribution in [1.82, 2.24) is 0 Å². The van der Waals surface area contributed by atoms with Crippen LogP contribution in [0.1, 0.15) is 49.1 Å². The van der Waals surface area contributed by atoms with Crippen molar-refractivity contribution < 1.29 is 4.42 Å². The molecule has 0 saturated carbocycles. The van der Waals surface area contributed by atoms with Crippen molar-refractivity contribution in [1.29, 1.82) is 0 Å². The van der Waals surface area contributed by atoms with E-state index in [0.29, 0.717) is 5.39 Å². The van der Waals surface area contributed by atoms with E-state index in [-0.39, 0.29) is 11.3 Å². The molecule has 0 N–H and O–H groups in total. The van der Waals surface area contributed by atoms with Gasteiger partial charge in [-0.15, -0.1) is 0 Å². The van der Waals surface area contributed by atoms with E-state index in [0.717, 1.165) is 34.5 Å². The van der Waals surface area contributed by atoms with Crippen molar-refractivity contribution in [2.45, 2.75) is 47.0 Å². The third kappa shape index (κ3) is 1.96. The van der Waals surface area contributed by atoms with Crippen LogP contribution in [0.2, 0.25) is 0 Å². The summed E-state index contributed by atoms with van der Waals surface area (Å²) in [6, 6.07) is 4.03. The van der Waals surface area contributed by atoms with Crippen molar-refractivity contribution in [2.24, 2.45) is 0 Å². The van der Waals surface area contributed by atoms with E-state index in [1.807, 2.05) is 19.9 Å². The van der Waals surface area contributed by atoms with Crippen molar-refractivity contribution in [3.63, 3.8) is 0 Å². The first-order valence-electron chi connectivity index (χ1n) is 6.52. The summed E-state index contributed by atoms with van der Waals surface area (Å²) in [4.78, 5) is 12.4. The van der Waals surface area contributed by atoms with Crippen LogP contribution >= 0.6 is 0 Å². The lowest BCUT2D eigenvalue weighted by molar-refractivity contribution is 0.500. The van der Waals surface area contributed by atoms with Gasteiger partial charge in [-0.1, -0.05) is 26.8 Å². The Morgan fingerprint density at radius 3 is 2.44 bits per heavy atom. The zero-order chi connectivity index (χ0) is 13.4. The average molecular weight is 244 g/mol. The van der Waals surface area contributed by atoms with Crippen LogP contribution in [0.3, 0.4) is 0 Å². The Morgan fingerprint density at radius 2 is 1.89 bits per heavy atom. The fraction of sp³-hybridized carbons (Fsp3) is 0.438. The molecule has 0 unspecified atom stereocenters. The maximum Gasteiger partial charge on any atom is 0.195 e. The predicted molar refractivity (Wildman–Crippen MR) is 75.4 cm³/mol. The predicted octanol–water partition coefficient (Wildman–Crippen LogP) is 4.10. The fourth-order valence-electron chi connectivity index (χ4n) is 2.45. The van der Waals surface area contributed by atoms with Crippen molar-refractivity contribution in [3.05, 3.63) is 44.8 Å². The molecule has 0 aliphatic rings. The van der Waals surface area contributed by atoms with Crippen molar-refractivity contribution >= 4 is 11.0 Å². The highest BCUT2D eigenvalue weighted by molar-refractivity contribution is 5.81. The maximum atomic E-state index is 12.4. The lowest BCUT2D eigenvalue weighted by Crippen LogP contribution is -2.11. The molecule has 0 spiro atoms. The maximum absolute atomic E-state index is 12.4. The molecule has 2 heteroatoms. The van der Waals surface area contributed by atoms with E-state index in [1.165, 1.54) is 0 Å². The lowest BCUT2D eigenvalue weighted by atomic mass is 10.0. The summed E-state index contributed by atoms with van der Waals surface area (Å²) in [6.07, 6.45) is 0.877. The van der Waals surface area contributed by atoms with Gasteiger partial charge in [0.1, 0.15) is 11.3 Å². The normalized spacial score (nSPS) is 11.4. The Morgan fingerprint density at radius 1 is 1.22 bits per heavy atom. The highest BCUT2D eigenvalue weighted by atomic mass is 16.3. The molecule has 0 fully saturated rings. The SMILES string of the molecule is CCc1cc(C)cc2c(=O)c(C)c(C(C)C)oc12. The van der Waals surface area contributed by atoms with Crippen LogP contribution in [-0.4, -0.2) is 0 Å². The Hall–Kier alpha value is -1.57. The molecule has 96 valence electrons. The van der Waals surface area contributed by atoms with Gasteiger partial charge in [-0.2, -0.15) is 0 Å². The zero-order valence-electron chi connectivity index (χ0n) is 11.8. The number of hydrogen-bond donors (Lipinski definition) is 0. The van der Waals surface area contributed by atoms with Crippen molar-refractivity contribution in [2.75, 3.05) is 0 Å². The minimum atomic E-state index is 0.110. The van der Waals surface area contributed by atoms with Crippen LogP contribution in [-0.2, 0) is 6.42 Å². The molecular formula is C16H20O2. The van der Waals surface area contributed by atoms with Crippen molar-refractivity contribution in [3.8, 4) is 0 Å². The number of benzene rings is 1. The van der Waals surface area contributed by atoms with Gasteiger partial charge in [0.2, 0.25) is 0 Å². The molecule has 2 rings (SSSR count). The molecule has 0 bridgehead atoms. The van der Waals surface area contributed by atoms with Crippen LogP contribution < -0.4 is 5.43 Å². The molecular weight excluding hydrogens is 224 g/mol. The first-order chi connectivity index (χ1) is 8.45. The lowest BCUT2D eigenvalue weighted by Gasteiger charge is -2.12. The summed E-state index contributed by atoms with van der Waals surface area (Å²) in [5.74, 6) is 1.04. The smallest absolute Gasteiger partial charge is 0.195 e. The van der Waals surface area contributed by atoms with Gasteiger partial charge in [-0.3, -0.25) is 4.79 Å². The first-order valence-corrected chi connectivity index (χ1v) is 6.52. The standard InChI is InChI=1S/C16H20O2/c1-6-12-7-10(4)8-13-14(17)11(5)15(9(2)3)18-16(12)13/h7-9H,6H2,1-5H3. The second-order valence-electron chi connectivity index (χ2n) is 5.23. The summed E-state index contributed by atoms with van der Waals surface area (Å²) >= 11 is 0. The second-order valence-corrected chi connectivity index (χ2v) is 5.23. The van der Waals surface area contributed by atoms with Gasteiger partial charge in [0, 0.05) is 11.5 Å². The van der Waals surface area contributed by atoms with Crippen LogP contribution in [0.5, 0.6) is 0 Å². The largest absolute Gasteiger partial charge is 0.460 e. The minimum Gasteiger partial charge on any atom is -0.460 e. The molecule has 1 aromatic heterocycles. The third-order valence-electron chi connectivity index (χ3n) is 3.38. The highest BCUT2D eigenvalue weighted by Gasteiger charge is 2.15. The summed E-state index contributed by atoms with van der Waals surface area (Å²) in [5, 5.41) is 0.716. The summed E-state index contributed by atoms with van der Waals surface area (Å²) in [6.45, 7) is 10.1. The monoisotopic (exact) mass is 244 g/mol. The Kier molecular flexibility index (Phi) is 3.29. The topological polar surface area (TPSA) is 30.2 Å². The molecule has 1 heterocycles. The molecule has 1 aromatic carbocycles. The fourth-order valence-corrected chi connectivity index (χ4v) is 2.45. The van der Waals surface area contributed by atoms with Crippen LogP contribution in [0.15, 0.2) is 21.3 Å². The Labute approximate surface area is 108 Å². The zero-order valence-corrected chi connectivity index (χ0v) is 11.8. The van der Waals surface area contributed by atoms with E-state index in [9.17, 15) is 4.79 Å². The molecule has 0 radical (unpaired) electrons. The van der Waals surface area contributed by atoms with E-state index < -0.39 is 0 Å². The van der Waals surface area contributed by atoms with Gasteiger partial charge in [0.05, 0.1) is 5.39 Å². The third-order valence-corrected chi connectivity index (χ3v) is 3.38. The summed E-state index contributed by atoms with van der Waals surface area (Å²) in [7, 11) is 0. The average Bonchev–Trinajstić information content (AvgIpc) is 2.32. The molecule has 0 amide bonds. The number of fused-ring (bicyclic) bond motifs is 1. The highest BCUT2D eigenvalue weighted by Crippen LogP contribution is 2.25. The molecule has 0 aliphatic heterocycles. The summed E-state index contributed by atoms with van der Waals surface area (Å²) in [5.41, 5.74) is 3.85. The molecule has 2 nitrogen and oxygen atoms in total. The molecule has 18 heavy (non-hydrogen) atoms. The Bertz CT molecular complexity index is 648. The van der Waals surface area contributed by atoms with Gasteiger partial charge in [0.25, 0.3) is 0 Å². The molecule has 2 aromatic rings. The molecule has 0 atom stereocenters. The van der Waals surface area contributed by atoms with E-state index >= 15 is 0 Å². The van der Waals surface area contributed by atoms with Gasteiger partial charge >= 0.3 is 0 Å². The van der Waals surface area contributed by atoms with Gasteiger partial charge in [-0.05, 0) is 37.5 Å². The second kappa shape index (κ2) is 4.60. The summed E-state index contributed by atoms with van der Waals surface area (Å²) < 4.78 is 6.01. The first kappa shape index (κ1) is 12.9. The van der Waals surface area contributed by atoms with E-state index in [2.05, 4.69) is 26.8 Å². The van der Waals surface area contributed by atoms with Gasteiger partial charge in [0.15, 0.2) is 5.43 Å². The molecule has 0 aliphatic carbocycles. The van der Waals surface area contributed by atoms with Crippen LogP contribution in [0.4, 0.5) is 0 Å². The van der Waals surface area contributed by atoms with E-state index in [1.54, 1.807) is 0 Å². The number of rotatable bonds is 2. The quantitative estimate of drug-likeness (QED) is 0.796. The number of aryl methyl sites for hydroxylation is 2. The Balaban J connectivity index is 2.95. The molecule has 0 saturated heterocycles. The van der Waals surface area contributed by atoms with Crippen LogP contribution in [0, 0.1) is 13.8 Å².